The number of benzene rings is 1. The van der Waals surface area contributed by atoms with Gasteiger partial charge in [0.1, 0.15) is 17.7 Å². The summed E-state index contributed by atoms with van der Waals surface area (Å²) in [7, 11) is 1.73. The van der Waals surface area contributed by atoms with Gasteiger partial charge in [0.05, 0.1) is 17.5 Å². The molecular formula is C20H18FN3OS. The summed E-state index contributed by atoms with van der Waals surface area (Å²) in [4.78, 5) is 15.1. The summed E-state index contributed by atoms with van der Waals surface area (Å²) >= 11 is 1.59. The first-order valence-corrected chi connectivity index (χ1v) is 9.35. The third kappa shape index (κ3) is 2.60. The van der Waals surface area contributed by atoms with Gasteiger partial charge >= 0.3 is 0 Å². The molecule has 2 fully saturated rings. The summed E-state index contributed by atoms with van der Waals surface area (Å²) in [5, 5.41) is 14.5. The van der Waals surface area contributed by atoms with Crippen LogP contribution in [0.3, 0.4) is 0 Å². The molecule has 2 aliphatic rings. The number of nitrogens with zero attached hydrogens (tertiary/aromatic N) is 2. The van der Waals surface area contributed by atoms with Gasteiger partial charge < -0.3 is 10.2 Å². The van der Waals surface area contributed by atoms with Gasteiger partial charge in [-0.1, -0.05) is 12.6 Å². The lowest BCUT2D eigenvalue weighted by atomic mass is 9.84. The first kappa shape index (κ1) is 16.8. The topological polar surface area (TPSA) is 56.1 Å². The van der Waals surface area contributed by atoms with E-state index in [1.165, 1.54) is 6.07 Å². The van der Waals surface area contributed by atoms with Crippen LogP contribution in [0.5, 0.6) is 0 Å². The molecule has 1 aromatic heterocycles. The molecule has 4 rings (SSSR count). The molecule has 1 aliphatic heterocycles. The molecule has 4 nitrogen and oxygen atoms in total. The van der Waals surface area contributed by atoms with Gasteiger partial charge in [0.25, 0.3) is 0 Å². The van der Waals surface area contributed by atoms with Crippen LogP contribution < -0.4 is 5.32 Å². The quantitative estimate of drug-likeness (QED) is 0.894. The molecule has 1 aromatic carbocycles. The van der Waals surface area contributed by atoms with Crippen LogP contribution in [0.15, 0.2) is 42.0 Å². The van der Waals surface area contributed by atoms with Crippen molar-refractivity contribution in [3.05, 3.63) is 58.3 Å². The van der Waals surface area contributed by atoms with E-state index in [-0.39, 0.29) is 11.5 Å². The third-order valence-corrected chi connectivity index (χ3v) is 6.42. The number of hydrogen-bond acceptors (Lipinski definition) is 4. The molecule has 6 heteroatoms. The third-order valence-electron chi connectivity index (χ3n) is 5.31. The monoisotopic (exact) mass is 367 g/mol. The predicted molar refractivity (Wildman–Crippen MR) is 98.5 cm³/mol. The van der Waals surface area contributed by atoms with Crippen molar-refractivity contribution in [2.45, 2.75) is 24.8 Å². The second-order valence-electron chi connectivity index (χ2n) is 6.95. The Morgan fingerprint density at radius 1 is 1.38 bits per heavy atom. The zero-order valence-corrected chi connectivity index (χ0v) is 15.2. The zero-order chi connectivity index (χ0) is 18.5. The van der Waals surface area contributed by atoms with E-state index in [0.717, 1.165) is 28.8 Å². The van der Waals surface area contributed by atoms with E-state index in [1.54, 1.807) is 35.4 Å². The number of nitrogens with one attached hydrogen (secondary N) is 1. The molecule has 1 saturated heterocycles. The van der Waals surface area contributed by atoms with E-state index in [0.29, 0.717) is 18.2 Å². The summed E-state index contributed by atoms with van der Waals surface area (Å²) in [6, 6.07) is 8.50. The van der Waals surface area contributed by atoms with E-state index in [2.05, 4.69) is 18.0 Å². The second kappa shape index (κ2) is 5.96. The molecular weight excluding hydrogens is 349 g/mol. The summed E-state index contributed by atoms with van der Waals surface area (Å²) in [5.74, 6) is 0.576. The molecule has 26 heavy (non-hydrogen) atoms. The van der Waals surface area contributed by atoms with Crippen molar-refractivity contribution in [3.63, 3.8) is 0 Å². The fraction of sp³-hybridized carbons (Fsp3) is 0.300. The number of halogens is 1. The lowest BCUT2D eigenvalue weighted by Crippen LogP contribution is -2.55. The SMILES string of the molecule is C=C1N[C@@](c2cc(-c3ccc(F)c(C#N)c3)cs2)(C2CC2)CC(=O)N1C. The van der Waals surface area contributed by atoms with Crippen LogP contribution in [0.4, 0.5) is 4.39 Å². The lowest BCUT2D eigenvalue weighted by Gasteiger charge is -2.42. The smallest absolute Gasteiger partial charge is 0.230 e. The Kier molecular flexibility index (Phi) is 3.85. The van der Waals surface area contributed by atoms with Gasteiger partial charge in [0.15, 0.2) is 0 Å². The highest BCUT2D eigenvalue weighted by Crippen LogP contribution is 2.52. The Morgan fingerprint density at radius 3 is 2.81 bits per heavy atom. The van der Waals surface area contributed by atoms with E-state index < -0.39 is 11.4 Å². The van der Waals surface area contributed by atoms with Gasteiger partial charge in [-0.05, 0) is 53.5 Å². The Morgan fingerprint density at radius 2 is 2.15 bits per heavy atom. The van der Waals surface area contributed by atoms with Gasteiger partial charge in [0.2, 0.25) is 5.91 Å². The van der Waals surface area contributed by atoms with Crippen molar-refractivity contribution in [1.29, 1.82) is 5.26 Å². The molecule has 0 radical (unpaired) electrons. The van der Waals surface area contributed by atoms with Crippen LogP contribution in [0.1, 0.15) is 29.7 Å². The van der Waals surface area contributed by atoms with Gasteiger partial charge in [0, 0.05) is 11.9 Å². The average molecular weight is 367 g/mol. The largest absolute Gasteiger partial charge is 0.361 e. The predicted octanol–water partition coefficient (Wildman–Crippen LogP) is 3.95. The summed E-state index contributed by atoms with van der Waals surface area (Å²) in [6.07, 6.45) is 2.57. The van der Waals surface area contributed by atoms with E-state index in [9.17, 15) is 9.18 Å². The minimum absolute atomic E-state index is 0.0353. The van der Waals surface area contributed by atoms with Crippen molar-refractivity contribution >= 4 is 17.2 Å². The highest BCUT2D eigenvalue weighted by atomic mass is 32.1. The molecule has 1 saturated carbocycles. The summed E-state index contributed by atoms with van der Waals surface area (Å²) in [6.45, 7) is 3.99. The molecule has 1 atom stereocenters. The molecule has 0 bridgehead atoms. The molecule has 1 N–H and O–H groups in total. The Labute approximate surface area is 155 Å². The Bertz CT molecular complexity index is 936. The van der Waals surface area contributed by atoms with E-state index in [1.807, 2.05) is 11.4 Å². The van der Waals surface area contributed by atoms with Crippen LogP contribution in [-0.4, -0.2) is 17.9 Å². The minimum atomic E-state index is -0.514. The number of amides is 1. The van der Waals surface area contributed by atoms with Crippen LogP contribution in [0, 0.1) is 23.1 Å². The lowest BCUT2D eigenvalue weighted by molar-refractivity contribution is -0.133. The molecule has 0 spiro atoms. The van der Waals surface area contributed by atoms with Gasteiger partial charge in [-0.2, -0.15) is 5.26 Å². The van der Waals surface area contributed by atoms with Gasteiger partial charge in [-0.25, -0.2) is 4.39 Å². The molecule has 2 aromatic rings. The number of thiophene rings is 1. The number of nitriles is 1. The highest BCUT2D eigenvalue weighted by Gasteiger charge is 2.51. The van der Waals surface area contributed by atoms with Crippen molar-refractivity contribution < 1.29 is 9.18 Å². The van der Waals surface area contributed by atoms with Crippen LogP contribution in [-0.2, 0) is 10.3 Å². The molecule has 1 aliphatic carbocycles. The van der Waals surface area contributed by atoms with Crippen molar-refractivity contribution in [3.8, 4) is 17.2 Å². The standard InChI is InChI=1S/C20H18FN3OS/c1-12-23-20(16-4-5-16,9-19(25)24(12)2)18-8-15(11-26-18)13-3-6-17(21)14(7-13)10-22/h3,6-8,11,16,23H,1,4-5,9H2,2H3/t20-/m1/s1. The first-order chi connectivity index (χ1) is 12.4. The van der Waals surface area contributed by atoms with E-state index in [4.69, 9.17) is 5.26 Å². The first-order valence-electron chi connectivity index (χ1n) is 8.47. The number of carbonyl (C=O) groups excluding carboxylic acids is 1. The molecule has 1 amide bonds. The van der Waals surface area contributed by atoms with Crippen molar-refractivity contribution in [1.82, 2.24) is 10.2 Å². The van der Waals surface area contributed by atoms with Crippen molar-refractivity contribution in [2.24, 2.45) is 5.92 Å². The maximum atomic E-state index is 13.6. The zero-order valence-electron chi connectivity index (χ0n) is 14.4. The van der Waals surface area contributed by atoms with Crippen LogP contribution in [0.25, 0.3) is 11.1 Å². The van der Waals surface area contributed by atoms with Crippen LogP contribution in [0.2, 0.25) is 0 Å². The van der Waals surface area contributed by atoms with E-state index >= 15 is 0 Å². The Hall–Kier alpha value is -2.65. The van der Waals surface area contributed by atoms with Gasteiger partial charge in [-0.3, -0.25) is 4.79 Å². The number of carbonyl (C=O) groups is 1. The molecule has 132 valence electrons. The number of rotatable bonds is 3. The Balaban J connectivity index is 1.73. The summed E-state index contributed by atoms with van der Waals surface area (Å²) in [5.41, 5.74) is 1.35. The van der Waals surface area contributed by atoms with Gasteiger partial charge in [-0.15, -0.1) is 11.3 Å². The molecule has 0 unspecified atom stereocenters. The summed E-state index contributed by atoms with van der Waals surface area (Å²) < 4.78 is 13.6. The van der Waals surface area contributed by atoms with Crippen molar-refractivity contribution in [2.75, 3.05) is 7.05 Å². The fourth-order valence-electron chi connectivity index (χ4n) is 3.58. The minimum Gasteiger partial charge on any atom is -0.361 e. The maximum Gasteiger partial charge on any atom is 0.230 e. The second-order valence-corrected chi connectivity index (χ2v) is 7.86. The number of hydrogen-bond donors (Lipinski definition) is 1. The fourth-order valence-corrected chi connectivity index (χ4v) is 4.73. The highest BCUT2D eigenvalue weighted by molar-refractivity contribution is 7.10. The average Bonchev–Trinajstić information content (AvgIpc) is 3.37. The normalized spacial score (nSPS) is 22.9. The molecule has 2 heterocycles. The van der Waals surface area contributed by atoms with Crippen LogP contribution >= 0.6 is 11.3 Å². The maximum absolute atomic E-state index is 13.6.